The van der Waals surface area contributed by atoms with Crippen LogP contribution in [0, 0.1) is 20.8 Å². The largest absolute Gasteiger partial charge is 0.494 e. The van der Waals surface area contributed by atoms with E-state index >= 15 is 0 Å². The summed E-state index contributed by atoms with van der Waals surface area (Å²) in [5, 5.41) is 11.2. The van der Waals surface area contributed by atoms with E-state index in [0.717, 1.165) is 28.1 Å². The Morgan fingerprint density at radius 3 is 2.64 bits per heavy atom. The van der Waals surface area contributed by atoms with Gasteiger partial charge in [0.05, 0.1) is 18.8 Å². The summed E-state index contributed by atoms with van der Waals surface area (Å²) in [5.41, 5.74) is 4.74. The van der Waals surface area contributed by atoms with Crippen LogP contribution in [-0.4, -0.2) is 32.5 Å². The molecular weight excluding hydrogens is 418 g/mol. The van der Waals surface area contributed by atoms with E-state index in [9.17, 15) is 4.79 Å². The molecule has 0 saturated carbocycles. The van der Waals surface area contributed by atoms with Crippen LogP contribution in [0.2, 0.25) is 0 Å². The quantitative estimate of drug-likeness (QED) is 0.436. The maximum atomic E-state index is 12.7. The highest BCUT2D eigenvalue weighted by Crippen LogP contribution is 2.23. The van der Waals surface area contributed by atoms with Crippen LogP contribution in [0.3, 0.4) is 0 Å². The molecule has 0 saturated heterocycles. The minimum absolute atomic E-state index is 0.273. The molecule has 0 spiro atoms. The van der Waals surface area contributed by atoms with Gasteiger partial charge in [0.15, 0.2) is 5.69 Å². The van der Waals surface area contributed by atoms with Crippen LogP contribution in [0.4, 0.5) is 0 Å². The first-order valence-corrected chi connectivity index (χ1v) is 10.9. The summed E-state index contributed by atoms with van der Waals surface area (Å²) >= 11 is 0. The van der Waals surface area contributed by atoms with Crippen LogP contribution < -0.4 is 10.1 Å². The lowest BCUT2D eigenvalue weighted by Crippen LogP contribution is -2.24. The minimum atomic E-state index is -0.273. The summed E-state index contributed by atoms with van der Waals surface area (Å²) in [6, 6.07) is 15.6. The average molecular weight is 446 g/mol. The van der Waals surface area contributed by atoms with Crippen LogP contribution in [-0.2, 0) is 13.1 Å². The first kappa shape index (κ1) is 22.3. The third kappa shape index (κ3) is 5.11. The van der Waals surface area contributed by atoms with E-state index in [4.69, 9.17) is 9.15 Å². The topological polar surface area (TPSA) is 95.1 Å². The lowest BCUT2D eigenvalue weighted by Gasteiger charge is -2.06. The standard InChI is InChI=1S/C25H27N5O3/c1-5-32-21-11-9-19(10-12-21)14-26-24(31)23-17(3)30(29-28-23)15-22-18(4)33-25(27-22)20-8-6-7-16(2)13-20/h6-13H,5,14-15H2,1-4H3,(H,26,31). The Kier molecular flexibility index (Phi) is 6.53. The van der Waals surface area contributed by atoms with Crippen molar-refractivity contribution in [1.29, 1.82) is 0 Å². The zero-order valence-corrected chi connectivity index (χ0v) is 19.3. The molecule has 4 aromatic rings. The van der Waals surface area contributed by atoms with Gasteiger partial charge in [0.25, 0.3) is 5.91 Å². The molecule has 1 N–H and O–H groups in total. The molecule has 8 nitrogen and oxygen atoms in total. The molecule has 0 radical (unpaired) electrons. The molecule has 0 fully saturated rings. The SMILES string of the molecule is CCOc1ccc(CNC(=O)c2nnn(Cc3nc(-c4cccc(C)c4)oc3C)c2C)cc1. The molecule has 0 unspecified atom stereocenters. The summed E-state index contributed by atoms with van der Waals surface area (Å²) in [6.45, 7) is 9.04. The number of oxazole rings is 1. The molecule has 8 heteroatoms. The number of benzene rings is 2. The number of aryl methyl sites for hydroxylation is 2. The second kappa shape index (κ2) is 9.68. The Morgan fingerprint density at radius 1 is 1.12 bits per heavy atom. The van der Waals surface area contributed by atoms with E-state index in [1.165, 1.54) is 0 Å². The van der Waals surface area contributed by atoms with Crippen molar-refractivity contribution in [2.45, 2.75) is 40.8 Å². The predicted molar refractivity (Wildman–Crippen MR) is 124 cm³/mol. The number of hydrogen-bond donors (Lipinski definition) is 1. The predicted octanol–water partition coefficient (Wildman–Crippen LogP) is 4.24. The van der Waals surface area contributed by atoms with Gasteiger partial charge in [-0.1, -0.05) is 35.0 Å². The maximum absolute atomic E-state index is 12.7. The Hall–Kier alpha value is -3.94. The van der Waals surface area contributed by atoms with Crippen molar-refractivity contribution >= 4 is 5.91 Å². The number of rotatable bonds is 8. The van der Waals surface area contributed by atoms with Gasteiger partial charge < -0.3 is 14.5 Å². The van der Waals surface area contributed by atoms with Crippen molar-refractivity contribution < 1.29 is 13.9 Å². The summed E-state index contributed by atoms with van der Waals surface area (Å²) in [6.07, 6.45) is 0. The molecule has 33 heavy (non-hydrogen) atoms. The number of carbonyl (C=O) groups is 1. The van der Waals surface area contributed by atoms with Crippen molar-refractivity contribution in [2.24, 2.45) is 0 Å². The molecule has 0 bridgehead atoms. The first-order chi connectivity index (χ1) is 15.9. The highest BCUT2D eigenvalue weighted by Gasteiger charge is 2.19. The lowest BCUT2D eigenvalue weighted by atomic mass is 10.1. The molecule has 1 amide bonds. The normalized spacial score (nSPS) is 10.9. The molecular formula is C25H27N5O3. The van der Waals surface area contributed by atoms with Gasteiger partial charge in [-0.3, -0.25) is 4.79 Å². The fourth-order valence-electron chi connectivity index (χ4n) is 3.47. The minimum Gasteiger partial charge on any atom is -0.494 e. The number of carbonyl (C=O) groups excluding carboxylic acids is 1. The molecule has 0 aliphatic carbocycles. The summed E-state index contributed by atoms with van der Waals surface area (Å²) in [5.74, 6) is 1.81. The van der Waals surface area contributed by atoms with Crippen LogP contribution in [0.5, 0.6) is 5.75 Å². The van der Waals surface area contributed by atoms with Crippen molar-refractivity contribution in [1.82, 2.24) is 25.3 Å². The monoisotopic (exact) mass is 445 g/mol. The van der Waals surface area contributed by atoms with Crippen molar-refractivity contribution in [3.63, 3.8) is 0 Å². The van der Waals surface area contributed by atoms with Crippen molar-refractivity contribution in [3.05, 3.63) is 82.5 Å². The Bertz CT molecular complexity index is 1260. The molecule has 2 aromatic carbocycles. The van der Waals surface area contributed by atoms with Gasteiger partial charge in [-0.2, -0.15) is 0 Å². The van der Waals surface area contributed by atoms with Gasteiger partial charge in [-0.25, -0.2) is 9.67 Å². The van der Waals surface area contributed by atoms with Gasteiger partial charge >= 0.3 is 0 Å². The van der Waals surface area contributed by atoms with E-state index in [0.29, 0.717) is 42.7 Å². The van der Waals surface area contributed by atoms with E-state index in [1.54, 1.807) is 4.68 Å². The number of hydrogen-bond acceptors (Lipinski definition) is 6. The third-order valence-electron chi connectivity index (χ3n) is 5.34. The van der Waals surface area contributed by atoms with Crippen LogP contribution in [0.15, 0.2) is 52.9 Å². The highest BCUT2D eigenvalue weighted by atomic mass is 16.5. The maximum Gasteiger partial charge on any atom is 0.274 e. The van der Waals surface area contributed by atoms with E-state index < -0.39 is 0 Å². The van der Waals surface area contributed by atoms with Gasteiger partial charge in [0.2, 0.25) is 5.89 Å². The fourth-order valence-corrected chi connectivity index (χ4v) is 3.47. The van der Waals surface area contributed by atoms with Gasteiger partial charge in [0, 0.05) is 12.1 Å². The van der Waals surface area contributed by atoms with Gasteiger partial charge in [-0.15, -0.1) is 5.10 Å². The fraction of sp³-hybridized carbons (Fsp3) is 0.280. The Labute approximate surface area is 192 Å². The second-order valence-corrected chi connectivity index (χ2v) is 7.83. The first-order valence-electron chi connectivity index (χ1n) is 10.9. The number of nitrogens with zero attached hydrogens (tertiary/aromatic N) is 4. The van der Waals surface area contributed by atoms with Crippen molar-refractivity contribution in [3.8, 4) is 17.2 Å². The average Bonchev–Trinajstić information content (AvgIpc) is 3.36. The van der Waals surface area contributed by atoms with Crippen LogP contribution >= 0.6 is 0 Å². The Morgan fingerprint density at radius 2 is 1.91 bits per heavy atom. The molecule has 0 aliphatic rings. The molecule has 4 rings (SSSR count). The molecule has 0 atom stereocenters. The summed E-state index contributed by atoms with van der Waals surface area (Å²) in [4.78, 5) is 17.3. The summed E-state index contributed by atoms with van der Waals surface area (Å²) < 4.78 is 13.0. The molecule has 2 heterocycles. The summed E-state index contributed by atoms with van der Waals surface area (Å²) in [7, 11) is 0. The highest BCUT2D eigenvalue weighted by molar-refractivity contribution is 5.93. The van der Waals surface area contributed by atoms with E-state index in [-0.39, 0.29) is 5.91 Å². The van der Waals surface area contributed by atoms with Crippen LogP contribution in [0.1, 0.15) is 45.7 Å². The Balaban J connectivity index is 1.43. The smallest absolute Gasteiger partial charge is 0.274 e. The second-order valence-electron chi connectivity index (χ2n) is 7.83. The number of amides is 1. The van der Waals surface area contributed by atoms with E-state index in [1.807, 2.05) is 76.2 Å². The molecule has 2 aromatic heterocycles. The van der Waals surface area contributed by atoms with E-state index in [2.05, 4.69) is 20.6 Å². The van der Waals surface area contributed by atoms with Gasteiger partial charge in [0.1, 0.15) is 17.2 Å². The molecule has 0 aliphatic heterocycles. The number of ether oxygens (including phenoxy) is 1. The van der Waals surface area contributed by atoms with Gasteiger partial charge in [-0.05, 0) is 57.5 Å². The number of nitrogens with one attached hydrogen (secondary N) is 1. The third-order valence-corrected chi connectivity index (χ3v) is 5.34. The molecule has 170 valence electrons. The zero-order valence-electron chi connectivity index (χ0n) is 19.3. The number of aromatic nitrogens is 4. The zero-order chi connectivity index (χ0) is 23.4. The lowest BCUT2D eigenvalue weighted by molar-refractivity contribution is 0.0945. The van der Waals surface area contributed by atoms with Crippen LogP contribution in [0.25, 0.3) is 11.5 Å². The van der Waals surface area contributed by atoms with Crippen molar-refractivity contribution in [2.75, 3.05) is 6.61 Å².